The van der Waals surface area contributed by atoms with Crippen molar-refractivity contribution in [3.8, 4) is 27.9 Å². The number of thiazole rings is 1. The van der Waals surface area contributed by atoms with Gasteiger partial charge in [-0.1, -0.05) is 106 Å². The fraction of sp³-hybridized carbons (Fsp3) is 0.276. The zero-order chi connectivity index (χ0) is 22.1. The summed E-state index contributed by atoms with van der Waals surface area (Å²) in [6.45, 7) is 13.7. The highest BCUT2D eigenvalue weighted by Gasteiger charge is 2.31. The van der Waals surface area contributed by atoms with Gasteiger partial charge in [-0.25, -0.2) is 0 Å². The van der Waals surface area contributed by atoms with Crippen LogP contribution in [0.4, 0.5) is 0 Å². The van der Waals surface area contributed by atoms with Crippen molar-refractivity contribution in [2.45, 2.75) is 53.4 Å². The molecule has 0 spiro atoms. The molecular weight excluding hydrogens is 430 g/mol. The molecule has 1 aromatic heterocycles. The molecule has 0 saturated heterocycles. The number of aryl methyl sites for hydroxylation is 1. The van der Waals surface area contributed by atoms with E-state index in [0.717, 1.165) is 0 Å². The van der Waals surface area contributed by atoms with Gasteiger partial charge in [0.05, 0.1) is 16.0 Å². The predicted octanol–water partition coefficient (Wildman–Crippen LogP) is 5.23. The lowest BCUT2D eigenvalue weighted by molar-refractivity contribution is -0.596. The summed E-state index contributed by atoms with van der Waals surface area (Å²) in [4.78, 5) is 1.36. The van der Waals surface area contributed by atoms with Gasteiger partial charge < -0.3 is 12.4 Å². The van der Waals surface area contributed by atoms with Gasteiger partial charge in [0, 0.05) is 6.92 Å². The average molecular weight is 462 g/mol. The number of hydrogen-bond donors (Lipinski definition) is 0. The van der Waals surface area contributed by atoms with Crippen LogP contribution in [0.5, 0.6) is 0 Å². The fourth-order valence-corrected chi connectivity index (χ4v) is 5.16. The van der Waals surface area contributed by atoms with Crippen LogP contribution in [0.15, 0.2) is 72.2 Å². The summed E-state index contributed by atoms with van der Waals surface area (Å²) >= 11 is 1.83. The maximum Gasteiger partial charge on any atom is 0.231 e. The molecule has 3 heteroatoms. The van der Waals surface area contributed by atoms with Gasteiger partial charge in [-0.3, -0.25) is 0 Å². The zero-order valence-corrected chi connectivity index (χ0v) is 21.4. The number of rotatable bonds is 5. The lowest BCUT2D eigenvalue weighted by Crippen LogP contribution is -3.00. The summed E-state index contributed by atoms with van der Waals surface area (Å²) in [6.07, 6.45) is 0. The topological polar surface area (TPSA) is 3.88 Å². The van der Waals surface area contributed by atoms with Crippen LogP contribution in [0.1, 0.15) is 61.2 Å². The summed E-state index contributed by atoms with van der Waals surface area (Å²) in [5.41, 5.74) is 13.0. The first kappa shape index (κ1) is 24.2. The van der Waals surface area contributed by atoms with Crippen LogP contribution in [0.2, 0.25) is 0 Å². The fourth-order valence-electron chi connectivity index (χ4n) is 4.36. The van der Waals surface area contributed by atoms with Gasteiger partial charge in [-0.15, -0.1) is 0 Å². The quantitative estimate of drug-likeness (QED) is 0.358. The molecule has 1 heterocycles. The maximum absolute atomic E-state index is 2.47. The van der Waals surface area contributed by atoms with Crippen molar-refractivity contribution in [1.29, 1.82) is 0 Å². The van der Waals surface area contributed by atoms with Gasteiger partial charge in [0.15, 0.2) is 5.69 Å². The van der Waals surface area contributed by atoms with Crippen molar-refractivity contribution < 1.29 is 17.0 Å². The first-order valence-corrected chi connectivity index (χ1v) is 12.1. The van der Waals surface area contributed by atoms with Gasteiger partial charge in [-0.2, -0.15) is 4.57 Å². The molecule has 0 aliphatic heterocycles. The number of aromatic nitrogens is 1. The Kier molecular flexibility index (Phi) is 7.59. The van der Waals surface area contributed by atoms with Crippen LogP contribution in [0.25, 0.3) is 27.9 Å². The van der Waals surface area contributed by atoms with Crippen molar-refractivity contribution in [1.82, 2.24) is 0 Å². The monoisotopic (exact) mass is 461 g/mol. The summed E-state index contributed by atoms with van der Waals surface area (Å²) in [5.74, 6) is 0.855. The molecule has 0 aliphatic carbocycles. The first-order chi connectivity index (χ1) is 14.9. The van der Waals surface area contributed by atoms with Crippen molar-refractivity contribution in [3.05, 3.63) is 93.9 Å². The van der Waals surface area contributed by atoms with Crippen molar-refractivity contribution in [3.63, 3.8) is 0 Å². The smallest absolute Gasteiger partial charge is 0.231 e. The van der Waals surface area contributed by atoms with E-state index in [1.54, 1.807) is 0 Å². The molecular formula is C29H32ClNS. The van der Waals surface area contributed by atoms with Crippen molar-refractivity contribution in [2.75, 3.05) is 0 Å². The maximum atomic E-state index is 2.47. The van der Waals surface area contributed by atoms with Gasteiger partial charge in [-0.05, 0) is 41.0 Å². The van der Waals surface area contributed by atoms with Crippen LogP contribution in [-0.4, -0.2) is 0 Å². The lowest BCUT2D eigenvalue weighted by Gasteiger charge is -2.23. The SMILES string of the molecule is Cc1sc[n+](-c2c(-c3ccccc3)c(C(C)C)cc(C(C)C)c2-c2ccccc2)c1C.[Cl-]. The van der Waals surface area contributed by atoms with E-state index in [2.05, 4.69) is 118 Å². The second kappa shape index (κ2) is 10.0. The van der Waals surface area contributed by atoms with Crippen LogP contribution < -0.4 is 17.0 Å². The third-order valence-corrected chi connectivity index (χ3v) is 7.14. The summed E-state index contributed by atoms with van der Waals surface area (Å²) in [6, 6.07) is 24.3. The molecule has 3 aromatic carbocycles. The highest BCUT2D eigenvalue weighted by atomic mass is 35.5. The molecule has 0 aliphatic rings. The van der Waals surface area contributed by atoms with E-state index in [1.807, 2.05) is 11.3 Å². The lowest BCUT2D eigenvalue weighted by atomic mass is 9.81. The number of nitrogens with zero attached hydrogens (tertiary/aromatic N) is 1. The minimum Gasteiger partial charge on any atom is -1.00 e. The minimum absolute atomic E-state index is 0. The first-order valence-electron chi connectivity index (χ1n) is 11.2. The third-order valence-electron chi connectivity index (χ3n) is 6.18. The molecule has 32 heavy (non-hydrogen) atoms. The van der Waals surface area contributed by atoms with E-state index < -0.39 is 0 Å². The molecule has 4 aromatic rings. The Morgan fingerprint density at radius 3 is 1.47 bits per heavy atom. The van der Waals surface area contributed by atoms with Gasteiger partial charge in [0.25, 0.3) is 0 Å². The number of hydrogen-bond acceptors (Lipinski definition) is 1. The number of benzene rings is 3. The Labute approximate surface area is 203 Å². The van der Waals surface area contributed by atoms with Crippen molar-refractivity contribution >= 4 is 11.3 Å². The zero-order valence-electron chi connectivity index (χ0n) is 19.8. The number of halogens is 1. The molecule has 0 amide bonds. The molecule has 166 valence electrons. The molecule has 0 fully saturated rings. The Bertz CT molecular complexity index is 1120. The van der Waals surface area contributed by atoms with E-state index in [0.29, 0.717) is 11.8 Å². The normalized spacial score (nSPS) is 11.1. The van der Waals surface area contributed by atoms with E-state index in [9.17, 15) is 0 Å². The van der Waals surface area contributed by atoms with Crippen LogP contribution in [-0.2, 0) is 0 Å². The van der Waals surface area contributed by atoms with Crippen molar-refractivity contribution in [2.24, 2.45) is 0 Å². The Morgan fingerprint density at radius 2 is 1.12 bits per heavy atom. The molecule has 0 atom stereocenters. The van der Waals surface area contributed by atoms with Crippen LogP contribution in [0.3, 0.4) is 0 Å². The molecule has 0 N–H and O–H groups in total. The Balaban J connectivity index is 0.00000289. The highest BCUT2D eigenvalue weighted by Crippen LogP contribution is 2.43. The summed E-state index contributed by atoms with van der Waals surface area (Å²) in [7, 11) is 0. The second-order valence-electron chi connectivity index (χ2n) is 8.93. The second-order valence-corrected chi connectivity index (χ2v) is 9.99. The van der Waals surface area contributed by atoms with Crippen LogP contribution >= 0.6 is 11.3 Å². The van der Waals surface area contributed by atoms with Gasteiger partial charge in [0.1, 0.15) is 0 Å². The van der Waals surface area contributed by atoms with E-state index in [1.165, 1.54) is 49.6 Å². The average Bonchev–Trinajstić information content (AvgIpc) is 3.11. The van der Waals surface area contributed by atoms with E-state index in [4.69, 9.17) is 0 Å². The van der Waals surface area contributed by atoms with Gasteiger partial charge in [0.2, 0.25) is 11.2 Å². The van der Waals surface area contributed by atoms with Gasteiger partial charge >= 0.3 is 0 Å². The molecule has 4 rings (SSSR count). The molecule has 0 bridgehead atoms. The van der Waals surface area contributed by atoms with E-state index in [-0.39, 0.29) is 12.4 Å². The Morgan fingerprint density at radius 1 is 0.688 bits per heavy atom. The molecule has 0 unspecified atom stereocenters. The standard InChI is InChI=1S/C29H32NS.ClH/c1-19(2)25-17-26(20(3)4)28(24-15-11-8-12-16-24)29(30-18-31-22(6)21(30)5)27(25)23-13-9-7-10-14-23;/h7-20H,1-6H3;1H/q+1;/p-1. The molecule has 0 radical (unpaired) electrons. The van der Waals surface area contributed by atoms with Crippen LogP contribution in [0, 0.1) is 13.8 Å². The summed E-state index contributed by atoms with van der Waals surface area (Å²) in [5, 5.41) is 0. The van der Waals surface area contributed by atoms with E-state index >= 15 is 0 Å². The predicted molar refractivity (Wildman–Crippen MR) is 134 cm³/mol. The summed E-state index contributed by atoms with van der Waals surface area (Å²) < 4.78 is 2.43. The minimum atomic E-state index is 0. The molecule has 0 saturated carbocycles. The largest absolute Gasteiger partial charge is 1.00 e. The Hall–Kier alpha value is -2.42. The highest BCUT2D eigenvalue weighted by molar-refractivity contribution is 7.09. The third kappa shape index (κ3) is 4.40. The molecule has 1 nitrogen and oxygen atoms in total.